The van der Waals surface area contributed by atoms with Crippen LogP contribution < -0.4 is 5.32 Å². The van der Waals surface area contributed by atoms with E-state index in [1.165, 1.54) is 6.07 Å². The third-order valence-corrected chi connectivity index (χ3v) is 3.87. The van der Waals surface area contributed by atoms with E-state index in [1.54, 1.807) is 36.9 Å². The number of nitrogens with one attached hydrogen (secondary N) is 1. The molecule has 0 aliphatic carbocycles. The van der Waals surface area contributed by atoms with Crippen molar-refractivity contribution in [1.29, 1.82) is 0 Å². The summed E-state index contributed by atoms with van der Waals surface area (Å²) in [5, 5.41) is 13.7. The topological polar surface area (TPSA) is 72.2 Å². The Bertz CT molecular complexity index is 716. The molecule has 2 aromatic rings. The predicted octanol–water partition coefficient (Wildman–Crippen LogP) is 4.02. The normalized spacial score (nSPS) is 10.3. The van der Waals surface area contributed by atoms with Crippen LogP contribution in [0.2, 0.25) is 0 Å². The quantitative estimate of drug-likeness (QED) is 0.668. The van der Waals surface area contributed by atoms with Gasteiger partial charge in [0.15, 0.2) is 0 Å². The van der Waals surface area contributed by atoms with Crippen molar-refractivity contribution in [3.63, 3.8) is 0 Å². The van der Waals surface area contributed by atoms with E-state index in [0.29, 0.717) is 16.8 Å². The second-order valence-electron chi connectivity index (χ2n) is 4.79. The summed E-state index contributed by atoms with van der Waals surface area (Å²) in [5.41, 5.74) is 2.50. The molecule has 0 heterocycles. The van der Waals surface area contributed by atoms with Crippen LogP contribution in [-0.2, 0) is 5.75 Å². The first-order valence-electron chi connectivity index (χ1n) is 6.66. The standard InChI is InChI=1S/C16H16N2O3S/c1-11-14(7-4-8-15(11)18(20)21)17-16(19)13-6-3-5-12(9-13)10-22-2/h3-9H,10H2,1-2H3,(H,17,19). The molecule has 0 radical (unpaired) electrons. The van der Waals surface area contributed by atoms with Crippen LogP contribution in [0.1, 0.15) is 21.5 Å². The van der Waals surface area contributed by atoms with E-state index in [4.69, 9.17) is 0 Å². The first-order chi connectivity index (χ1) is 10.5. The number of anilines is 1. The van der Waals surface area contributed by atoms with Gasteiger partial charge >= 0.3 is 0 Å². The van der Waals surface area contributed by atoms with E-state index in [-0.39, 0.29) is 11.6 Å². The second kappa shape index (κ2) is 7.09. The third-order valence-electron chi connectivity index (χ3n) is 3.25. The molecule has 1 N–H and O–H groups in total. The number of amides is 1. The van der Waals surface area contributed by atoms with Gasteiger partial charge in [-0.2, -0.15) is 11.8 Å². The Kier molecular flexibility index (Phi) is 5.16. The molecule has 2 aromatic carbocycles. The SMILES string of the molecule is CSCc1cccc(C(=O)Nc2cccc([N+](=O)[O-])c2C)c1. The Balaban J connectivity index is 2.24. The Hall–Kier alpha value is -2.34. The van der Waals surface area contributed by atoms with Crippen molar-refractivity contribution in [3.05, 3.63) is 69.3 Å². The molecule has 0 aliphatic rings. The molecule has 0 spiro atoms. The number of hydrogen-bond acceptors (Lipinski definition) is 4. The summed E-state index contributed by atoms with van der Waals surface area (Å²) in [6, 6.07) is 12.0. The maximum atomic E-state index is 12.3. The van der Waals surface area contributed by atoms with Crippen LogP contribution in [0.4, 0.5) is 11.4 Å². The summed E-state index contributed by atoms with van der Waals surface area (Å²) in [7, 11) is 0. The highest BCUT2D eigenvalue weighted by atomic mass is 32.2. The molecular weight excluding hydrogens is 300 g/mol. The van der Waals surface area contributed by atoms with Crippen molar-refractivity contribution in [2.24, 2.45) is 0 Å². The van der Waals surface area contributed by atoms with Crippen LogP contribution >= 0.6 is 11.8 Å². The van der Waals surface area contributed by atoms with Gasteiger partial charge in [0, 0.05) is 17.4 Å². The first-order valence-corrected chi connectivity index (χ1v) is 8.05. The molecule has 0 saturated carbocycles. The fourth-order valence-corrected chi connectivity index (χ4v) is 2.63. The Morgan fingerprint density at radius 3 is 2.68 bits per heavy atom. The lowest BCUT2D eigenvalue weighted by Gasteiger charge is -2.09. The fraction of sp³-hybridized carbons (Fsp3) is 0.188. The molecule has 2 rings (SSSR count). The van der Waals surface area contributed by atoms with E-state index < -0.39 is 4.92 Å². The first kappa shape index (κ1) is 16.0. The van der Waals surface area contributed by atoms with Crippen LogP contribution in [0.3, 0.4) is 0 Å². The van der Waals surface area contributed by atoms with E-state index in [9.17, 15) is 14.9 Å². The minimum absolute atomic E-state index is 0.00562. The number of nitro benzene ring substituents is 1. The van der Waals surface area contributed by atoms with E-state index >= 15 is 0 Å². The number of benzene rings is 2. The van der Waals surface area contributed by atoms with Gasteiger partial charge in [-0.1, -0.05) is 18.2 Å². The lowest BCUT2D eigenvalue weighted by molar-refractivity contribution is -0.385. The van der Waals surface area contributed by atoms with E-state index in [0.717, 1.165) is 11.3 Å². The van der Waals surface area contributed by atoms with Gasteiger partial charge < -0.3 is 5.32 Å². The Morgan fingerprint density at radius 2 is 2.00 bits per heavy atom. The van der Waals surface area contributed by atoms with Gasteiger partial charge in [0.25, 0.3) is 11.6 Å². The molecule has 0 bridgehead atoms. The average molecular weight is 316 g/mol. The van der Waals surface area contributed by atoms with Crippen molar-refractivity contribution in [1.82, 2.24) is 0 Å². The van der Waals surface area contributed by atoms with E-state index in [1.807, 2.05) is 24.5 Å². The minimum Gasteiger partial charge on any atom is -0.321 e. The van der Waals surface area contributed by atoms with Gasteiger partial charge in [-0.15, -0.1) is 0 Å². The number of rotatable bonds is 5. The van der Waals surface area contributed by atoms with Crippen LogP contribution in [0, 0.1) is 17.0 Å². The van der Waals surface area contributed by atoms with Crippen molar-refractivity contribution < 1.29 is 9.72 Å². The molecule has 1 amide bonds. The van der Waals surface area contributed by atoms with Crippen LogP contribution in [-0.4, -0.2) is 17.1 Å². The number of nitro groups is 1. The zero-order valence-electron chi connectivity index (χ0n) is 12.3. The molecule has 0 aromatic heterocycles. The molecule has 0 atom stereocenters. The van der Waals surface area contributed by atoms with Gasteiger partial charge in [-0.3, -0.25) is 14.9 Å². The van der Waals surface area contributed by atoms with Gasteiger partial charge in [0.1, 0.15) is 0 Å². The Labute approximate surface area is 132 Å². The fourth-order valence-electron chi connectivity index (χ4n) is 2.12. The lowest BCUT2D eigenvalue weighted by atomic mass is 10.1. The molecule has 5 nitrogen and oxygen atoms in total. The van der Waals surface area contributed by atoms with Crippen LogP contribution in [0.5, 0.6) is 0 Å². The van der Waals surface area contributed by atoms with Crippen molar-refractivity contribution in [3.8, 4) is 0 Å². The highest BCUT2D eigenvalue weighted by Crippen LogP contribution is 2.25. The summed E-state index contributed by atoms with van der Waals surface area (Å²) < 4.78 is 0. The average Bonchev–Trinajstić information content (AvgIpc) is 2.49. The number of thioether (sulfide) groups is 1. The molecule has 0 unspecified atom stereocenters. The summed E-state index contributed by atoms with van der Waals surface area (Å²) in [5.74, 6) is 0.559. The highest BCUT2D eigenvalue weighted by molar-refractivity contribution is 7.97. The minimum atomic E-state index is -0.454. The molecule has 22 heavy (non-hydrogen) atoms. The van der Waals surface area contributed by atoms with Crippen molar-refractivity contribution in [2.45, 2.75) is 12.7 Å². The molecule has 114 valence electrons. The summed E-state index contributed by atoms with van der Waals surface area (Å²) in [6.45, 7) is 1.62. The number of carbonyl (C=O) groups is 1. The molecule has 0 saturated heterocycles. The predicted molar refractivity (Wildman–Crippen MR) is 89.4 cm³/mol. The zero-order chi connectivity index (χ0) is 16.1. The highest BCUT2D eigenvalue weighted by Gasteiger charge is 2.15. The molecular formula is C16H16N2O3S. The largest absolute Gasteiger partial charge is 0.321 e. The number of carbonyl (C=O) groups excluding carboxylic acids is 1. The van der Waals surface area contributed by atoms with Gasteiger partial charge in [0.05, 0.1) is 16.2 Å². The van der Waals surface area contributed by atoms with Crippen molar-refractivity contribution >= 4 is 29.0 Å². The molecule has 6 heteroatoms. The maximum Gasteiger partial charge on any atom is 0.274 e. The molecule has 0 fully saturated rings. The number of nitrogens with zero attached hydrogens (tertiary/aromatic N) is 1. The van der Waals surface area contributed by atoms with Crippen LogP contribution in [0.25, 0.3) is 0 Å². The third kappa shape index (κ3) is 3.65. The monoisotopic (exact) mass is 316 g/mol. The van der Waals surface area contributed by atoms with Gasteiger partial charge in [-0.05, 0) is 36.9 Å². The Morgan fingerprint density at radius 1 is 1.27 bits per heavy atom. The van der Waals surface area contributed by atoms with Crippen LogP contribution in [0.15, 0.2) is 42.5 Å². The maximum absolute atomic E-state index is 12.3. The zero-order valence-corrected chi connectivity index (χ0v) is 13.1. The summed E-state index contributed by atoms with van der Waals surface area (Å²) in [6.07, 6.45) is 2.00. The van der Waals surface area contributed by atoms with Gasteiger partial charge in [-0.25, -0.2) is 0 Å². The summed E-state index contributed by atoms with van der Waals surface area (Å²) in [4.78, 5) is 22.8. The molecule has 0 aliphatic heterocycles. The summed E-state index contributed by atoms with van der Waals surface area (Å²) >= 11 is 1.68. The van der Waals surface area contributed by atoms with Crippen molar-refractivity contribution in [2.75, 3.05) is 11.6 Å². The van der Waals surface area contributed by atoms with Gasteiger partial charge in [0.2, 0.25) is 0 Å². The number of hydrogen-bond donors (Lipinski definition) is 1. The van der Waals surface area contributed by atoms with E-state index in [2.05, 4.69) is 5.32 Å². The second-order valence-corrected chi connectivity index (χ2v) is 5.66. The lowest BCUT2D eigenvalue weighted by Crippen LogP contribution is -2.13. The smallest absolute Gasteiger partial charge is 0.274 e.